The summed E-state index contributed by atoms with van der Waals surface area (Å²) in [5, 5.41) is 0.432. The molecule has 0 fully saturated rings. The summed E-state index contributed by atoms with van der Waals surface area (Å²) in [6, 6.07) is 11.3. The first kappa shape index (κ1) is 15.7. The number of anilines is 1. The van der Waals surface area contributed by atoms with Crippen molar-refractivity contribution in [3.8, 4) is 0 Å². The average molecular weight is 321 g/mol. The number of amides is 1. The van der Waals surface area contributed by atoms with Gasteiger partial charge in [0.2, 0.25) is 5.91 Å². The number of benzene rings is 2. The van der Waals surface area contributed by atoms with Crippen LogP contribution >= 0.6 is 23.4 Å². The highest BCUT2D eigenvalue weighted by atomic mass is 35.5. The molecule has 4 N–H and O–H groups in total. The fraction of sp³-hybridized carbons (Fsp3) is 0.188. The molecule has 21 heavy (non-hydrogen) atoms. The largest absolute Gasteiger partial charge is 0.399 e. The third-order valence-electron chi connectivity index (χ3n) is 3.10. The molecule has 2 rings (SSSR count). The molecule has 0 heterocycles. The zero-order chi connectivity index (χ0) is 15.6. The first-order chi connectivity index (χ1) is 9.88. The minimum Gasteiger partial charge on any atom is -0.399 e. The van der Waals surface area contributed by atoms with Gasteiger partial charge in [-0.15, -0.1) is 0 Å². The molecule has 0 radical (unpaired) electrons. The predicted octanol–water partition coefficient (Wildman–Crippen LogP) is 4.30. The van der Waals surface area contributed by atoms with Crippen LogP contribution in [0.15, 0.2) is 46.2 Å². The Balaban J connectivity index is 2.37. The number of hydrogen-bond donors (Lipinski definition) is 2. The van der Waals surface area contributed by atoms with Crippen LogP contribution in [0.3, 0.4) is 0 Å². The summed E-state index contributed by atoms with van der Waals surface area (Å²) in [4.78, 5) is 13.2. The quantitative estimate of drug-likeness (QED) is 0.825. The van der Waals surface area contributed by atoms with Crippen molar-refractivity contribution < 1.29 is 4.79 Å². The van der Waals surface area contributed by atoms with Crippen molar-refractivity contribution in [2.45, 2.75) is 29.6 Å². The zero-order valence-corrected chi connectivity index (χ0v) is 13.5. The van der Waals surface area contributed by atoms with Crippen LogP contribution < -0.4 is 11.5 Å². The molecule has 0 saturated carbocycles. The number of carbonyl (C=O) groups is 1. The third kappa shape index (κ3) is 3.71. The number of nitrogen functional groups attached to an aromatic ring is 1. The molecule has 2 aromatic rings. The van der Waals surface area contributed by atoms with Crippen molar-refractivity contribution in [3.05, 3.63) is 52.5 Å². The lowest BCUT2D eigenvalue weighted by Crippen LogP contribution is -2.13. The number of rotatable bonds is 4. The van der Waals surface area contributed by atoms with E-state index in [1.807, 2.05) is 12.1 Å². The van der Waals surface area contributed by atoms with E-state index in [-0.39, 0.29) is 0 Å². The molecule has 5 heteroatoms. The molecule has 0 aliphatic carbocycles. The second-order valence-corrected chi connectivity index (χ2v) is 6.56. The van der Waals surface area contributed by atoms with E-state index in [4.69, 9.17) is 23.1 Å². The Kier molecular flexibility index (Phi) is 4.80. The minimum atomic E-state index is -0.537. The van der Waals surface area contributed by atoms with Gasteiger partial charge in [-0.3, -0.25) is 4.79 Å². The summed E-state index contributed by atoms with van der Waals surface area (Å²) in [7, 11) is 0. The van der Waals surface area contributed by atoms with Crippen LogP contribution in [0.5, 0.6) is 0 Å². The fourth-order valence-corrected chi connectivity index (χ4v) is 3.22. The van der Waals surface area contributed by atoms with Crippen molar-refractivity contribution in [1.82, 2.24) is 0 Å². The Hall–Kier alpha value is -1.65. The molecule has 3 nitrogen and oxygen atoms in total. The first-order valence-electron chi connectivity index (χ1n) is 6.55. The van der Waals surface area contributed by atoms with Crippen LogP contribution in [-0.2, 0) is 0 Å². The number of halogens is 1. The maximum atomic E-state index is 11.6. The number of carbonyl (C=O) groups excluding carboxylic acids is 1. The molecule has 2 aromatic carbocycles. The van der Waals surface area contributed by atoms with Crippen LogP contribution in [-0.4, -0.2) is 5.91 Å². The summed E-state index contributed by atoms with van der Waals surface area (Å²) < 4.78 is 0. The summed E-state index contributed by atoms with van der Waals surface area (Å²) in [6.07, 6.45) is 0. The van der Waals surface area contributed by atoms with Gasteiger partial charge in [-0.05, 0) is 35.7 Å². The molecule has 0 spiro atoms. The van der Waals surface area contributed by atoms with Crippen LogP contribution in [0.2, 0.25) is 5.02 Å². The Labute approximate surface area is 133 Å². The van der Waals surface area contributed by atoms with E-state index in [0.717, 1.165) is 4.90 Å². The zero-order valence-electron chi connectivity index (χ0n) is 11.9. The Morgan fingerprint density at radius 3 is 2.33 bits per heavy atom. The lowest BCUT2D eigenvalue weighted by Gasteiger charge is -2.11. The molecule has 1 amide bonds. The molecular weight excluding hydrogens is 304 g/mol. The SMILES string of the molecule is CC(C)c1ccc(Sc2c(Cl)cc(N)cc2C(N)=O)cc1. The lowest BCUT2D eigenvalue weighted by atomic mass is 10.0. The number of hydrogen-bond acceptors (Lipinski definition) is 3. The summed E-state index contributed by atoms with van der Waals surface area (Å²) in [6.45, 7) is 4.29. The Morgan fingerprint density at radius 1 is 1.19 bits per heavy atom. The van der Waals surface area contributed by atoms with E-state index in [0.29, 0.717) is 27.1 Å². The van der Waals surface area contributed by atoms with Crippen LogP contribution in [0.25, 0.3) is 0 Å². The van der Waals surface area contributed by atoms with Crippen molar-refractivity contribution in [2.24, 2.45) is 5.73 Å². The minimum absolute atomic E-state index is 0.345. The number of primary amides is 1. The van der Waals surface area contributed by atoms with Gasteiger partial charge in [-0.25, -0.2) is 0 Å². The van der Waals surface area contributed by atoms with Crippen LogP contribution in [0.1, 0.15) is 35.7 Å². The normalized spacial score (nSPS) is 10.9. The predicted molar refractivity (Wildman–Crippen MR) is 89.0 cm³/mol. The molecule has 0 aliphatic heterocycles. The topological polar surface area (TPSA) is 69.1 Å². The van der Waals surface area contributed by atoms with Gasteiger partial charge in [0.05, 0.1) is 10.6 Å². The van der Waals surface area contributed by atoms with Gasteiger partial charge in [-0.1, -0.05) is 49.3 Å². The molecule has 0 aromatic heterocycles. The number of nitrogens with two attached hydrogens (primary N) is 2. The smallest absolute Gasteiger partial charge is 0.249 e. The highest BCUT2D eigenvalue weighted by molar-refractivity contribution is 7.99. The van der Waals surface area contributed by atoms with Crippen molar-refractivity contribution >= 4 is 35.0 Å². The van der Waals surface area contributed by atoms with Crippen LogP contribution in [0, 0.1) is 0 Å². The van der Waals surface area contributed by atoms with E-state index >= 15 is 0 Å². The summed E-state index contributed by atoms with van der Waals surface area (Å²) >= 11 is 7.61. The second kappa shape index (κ2) is 6.41. The first-order valence-corrected chi connectivity index (χ1v) is 7.74. The van der Waals surface area contributed by atoms with E-state index in [1.54, 1.807) is 12.1 Å². The van der Waals surface area contributed by atoms with E-state index < -0.39 is 5.91 Å². The lowest BCUT2D eigenvalue weighted by molar-refractivity contribution is 0.0997. The Bertz CT molecular complexity index is 669. The highest BCUT2D eigenvalue weighted by Gasteiger charge is 2.15. The Morgan fingerprint density at radius 2 is 1.81 bits per heavy atom. The van der Waals surface area contributed by atoms with E-state index in [2.05, 4.69) is 26.0 Å². The van der Waals surface area contributed by atoms with Gasteiger partial charge in [0.1, 0.15) is 0 Å². The molecule has 0 saturated heterocycles. The maximum Gasteiger partial charge on any atom is 0.249 e. The van der Waals surface area contributed by atoms with Gasteiger partial charge in [0.15, 0.2) is 0 Å². The van der Waals surface area contributed by atoms with Gasteiger partial charge in [0.25, 0.3) is 0 Å². The highest BCUT2D eigenvalue weighted by Crippen LogP contribution is 2.37. The van der Waals surface area contributed by atoms with Gasteiger partial charge in [-0.2, -0.15) is 0 Å². The molecule has 0 unspecified atom stereocenters. The van der Waals surface area contributed by atoms with E-state index in [9.17, 15) is 4.79 Å². The molecule has 110 valence electrons. The standard InChI is InChI=1S/C16H17ClN2OS/c1-9(2)10-3-5-12(6-4-10)21-15-13(16(19)20)7-11(18)8-14(15)17/h3-9H,18H2,1-2H3,(H2,19,20). The van der Waals surface area contributed by atoms with Crippen molar-refractivity contribution in [1.29, 1.82) is 0 Å². The third-order valence-corrected chi connectivity index (χ3v) is 4.66. The second-order valence-electron chi connectivity index (χ2n) is 5.07. The van der Waals surface area contributed by atoms with Gasteiger partial charge >= 0.3 is 0 Å². The monoisotopic (exact) mass is 320 g/mol. The molecule has 0 aliphatic rings. The average Bonchev–Trinajstić information content (AvgIpc) is 2.41. The van der Waals surface area contributed by atoms with Crippen molar-refractivity contribution in [3.63, 3.8) is 0 Å². The van der Waals surface area contributed by atoms with Gasteiger partial charge < -0.3 is 11.5 Å². The summed E-state index contributed by atoms with van der Waals surface area (Å²) in [5.41, 5.74) is 13.1. The van der Waals surface area contributed by atoms with Crippen molar-refractivity contribution in [2.75, 3.05) is 5.73 Å². The molecule has 0 atom stereocenters. The maximum absolute atomic E-state index is 11.6. The molecular formula is C16H17ClN2OS. The van der Waals surface area contributed by atoms with E-state index in [1.165, 1.54) is 17.3 Å². The summed E-state index contributed by atoms with van der Waals surface area (Å²) in [5.74, 6) is -0.0594. The molecule has 0 bridgehead atoms. The van der Waals surface area contributed by atoms with Gasteiger partial charge in [0, 0.05) is 15.5 Å². The fourth-order valence-electron chi connectivity index (χ4n) is 1.94. The van der Waals surface area contributed by atoms with Crippen LogP contribution in [0.4, 0.5) is 5.69 Å².